The molecule has 2 aromatic rings. The van der Waals surface area contributed by atoms with Crippen LogP contribution in [0.15, 0.2) is 24.3 Å². The van der Waals surface area contributed by atoms with Crippen molar-refractivity contribution in [3.63, 3.8) is 0 Å². The highest BCUT2D eigenvalue weighted by atomic mass is 15.4. The van der Waals surface area contributed by atoms with Gasteiger partial charge in [0.15, 0.2) is 5.82 Å². The predicted octanol–water partition coefficient (Wildman–Crippen LogP) is 3.44. The Bertz CT molecular complexity index is 595. The van der Waals surface area contributed by atoms with Gasteiger partial charge in [-0.15, -0.1) is 5.10 Å². The summed E-state index contributed by atoms with van der Waals surface area (Å²) >= 11 is 0. The summed E-state index contributed by atoms with van der Waals surface area (Å²) in [4.78, 5) is 0. The highest BCUT2D eigenvalue weighted by Gasteiger charge is 2.25. The topological polar surface area (TPSA) is 56.7 Å². The van der Waals surface area contributed by atoms with Gasteiger partial charge in [-0.25, -0.2) is 4.68 Å². The summed E-state index contributed by atoms with van der Waals surface area (Å²) in [6.45, 7) is 13.0. The second-order valence-corrected chi connectivity index (χ2v) is 7.28. The zero-order valence-electron chi connectivity index (χ0n) is 13.2. The molecular formula is C16H24N4. The van der Waals surface area contributed by atoms with Crippen molar-refractivity contribution in [3.8, 4) is 5.69 Å². The monoisotopic (exact) mass is 272 g/mol. The van der Waals surface area contributed by atoms with Crippen LogP contribution in [0, 0.1) is 0 Å². The molecule has 0 spiro atoms. The Balaban J connectivity index is 2.48. The molecule has 0 bridgehead atoms. The fourth-order valence-corrected chi connectivity index (χ4v) is 2.28. The van der Waals surface area contributed by atoms with Crippen LogP contribution in [0.4, 0.5) is 5.82 Å². The van der Waals surface area contributed by atoms with E-state index in [1.807, 2.05) is 4.68 Å². The molecule has 1 aromatic carbocycles. The van der Waals surface area contributed by atoms with Crippen LogP contribution < -0.4 is 5.73 Å². The first-order valence-corrected chi connectivity index (χ1v) is 6.93. The van der Waals surface area contributed by atoms with Gasteiger partial charge in [0.2, 0.25) is 0 Å². The van der Waals surface area contributed by atoms with Crippen molar-refractivity contribution in [1.82, 2.24) is 15.0 Å². The number of aromatic nitrogens is 3. The minimum atomic E-state index is -0.101. The molecule has 1 aromatic heterocycles. The van der Waals surface area contributed by atoms with Crippen LogP contribution in [0.5, 0.6) is 0 Å². The average Bonchev–Trinajstić information content (AvgIpc) is 2.70. The smallest absolute Gasteiger partial charge is 0.170 e. The molecule has 0 aliphatic carbocycles. The van der Waals surface area contributed by atoms with Crippen LogP contribution in [0.25, 0.3) is 5.69 Å². The Labute approximate surface area is 121 Å². The molecule has 0 amide bonds. The summed E-state index contributed by atoms with van der Waals surface area (Å²) in [6.07, 6.45) is 0. The maximum atomic E-state index is 5.97. The third kappa shape index (κ3) is 2.69. The molecule has 0 saturated heterocycles. The van der Waals surface area contributed by atoms with Gasteiger partial charge in [0.1, 0.15) is 0 Å². The molecule has 2 rings (SSSR count). The van der Waals surface area contributed by atoms with Crippen molar-refractivity contribution in [2.75, 3.05) is 5.73 Å². The molecule has 4 heteroatoms. The summed E-state index contributed by atoms with van der Waals surface area (Å²) in [7, 11) is 0. The van der Waals surface area contributed by atoms with Crippen molar-refractivity contribution in [2.24, 2.45) is 0 Å². The highest BCUT2D eigenvalue weighted by molar-refractivity contribution is 5.45. The second kappa shape index (κ2) is 4.62. The summed E-state index contributed by atoms with van der Waals surface area (Å²) in [5, 5.41) is 8.21. The molecule has 4 nitrogen and oxygen atoms in total. The zero-order valence-corrected chi connectivity index (χ0v) is 13.2. The first-order chi connectivity index (χ1) is 9.10. The molecule has 0 unspecified atom stereocenters. The molecule has 0 aliphatic heterocycles. The Morgan fingerprint density at radius 3 is 1.90 bits per heavy atom. The van der Waals surface area contributed by atoms with Gasteiger partial charge in [-0.2, -0.15) is 0 Å². The standard InChI is InChI=1S/C16H24N4/c1-15(2,3)11-7-9-12(10-8-11)20-13(16(4,5)6)14(17)18-19-20/h7-10H,17H2,1-6H3. The highest BCUT2D eigenvalue weighted by Crippen LogP contribution is 2.29. The van der Waals surface area contributed by atoms with Gasteiger partial charge in [-0.3, -0.25) is 0 Å². The van der Waals surface area contributed by atoms with E-state index in [-0.39, 0.29) is 10.8 Å². The molecule has 0 fully saturated rings. The van der Waals surface area contributed by atoms with Crippen LogP contribution in [0.3, 0.4) is 0 Å². The summed E-state index contributed by atoms with van der Waals surface area (Å²) in [5.74, 6) is 0.498. The van der Waals surface area contributed by atoms with E-state index in [1.54, 1.807) is 0 Å². The maximum Gasteiger partial charge on any atom is 0.170 e. The third-order valence-corrected chi connectivity index (χ3v) is 3.38. The fourth-order valence-electron chi connectivity index (χ4n) is 2.28. The predicted molar refractivity (Wildman–Crippen MR) is 83.2 cm³/mol. The summed E-state index contributed by atoms with van der Waals surface area (Å²) in [6, 6.07) is 8.42. The number of hydrogen-bond donors (Lipinski definition) is 1. The lowest BCUT2D eigenvalue weighted by Gasteiger charge is -2.21. The van der Waals surface area contributed by atoms with Crippen LogP contribution in [0.1, 0.15) is 52.8 Å². The second-order valence-electron chi connectivity index (χ2n) is 7.28. The SMILES string of the molecule is CC(C)(C)c1ccc(-n2nnc(N)c2C(C)(C)C)cc1. The van der Waals surface area contributed by atoms with Crippen molar-refractivity contribution < 1.29 is 0 Å². The number of hydrogen-bond acceptors (Lipinski definition) is 3. The van der Waals surface area contributed by atoms with Gasteiger partial charge < -0.3 is 5.73 Å². The van der Waals surface area contributed by atoms with Gasteiger partial charge in [0.05, 0.1) is 11.4 Å². The van der Waals surface area contributed by atoms with Crippen LogP contribution in [0.2, 0.25) is 0 Å². The Hall–Kier alpha value is -1.84. The number of nitrogens with two attached hydrogens (primary N) is 1. The van der Waals surface area contributed by atoms with Gasteiger partial charge in [0.25, 0.3) is 0 Å². The number of rotatable bonds is 1. The lowest BCUT2D eigenvalue weighted by molar-refractivity contribution is 0.544. The molecule has 0 atom stereocenters. The zero-order chi connectivity index (χ0) is 15.1. The first-order valence-electron chi connectivity index (χ1n) is 6.93. The average molecular weight is 272 g/mol. The lowest BCUT2D eigenvalue weighted by atomic mass is 9.87. The molecule has 0 radical (unpaired) electrons. The molecule has 1 heterocycles. The van der Waals surface area contributed by atoms with Crippen molar-refractivity contribution in [3.05, 3.63) is 35.5 Å². The van der Waals surface area contributed by atoms with Crippen molar-refractivity contribution >= 4 is 5.82 Å². The molecule has 20 heavy (non-hydrogen) atoms. The van der Waals surface area contributed by atoms with E-state index < -0.39 is 0 Å². The molecule has 2 N–H and O–H groups in total. The number of nitrogens with zero attached hydrogens (tertiary/aromatic N) is 3. The Morgan fingerprint density at radius 1 is 0.900 bits per heavy atom. The summed E-state index contributed by atoms with van der Waals surface area (Å²) in [5.41, 5.74) is 9.25. The van der Waals surface area contributed by atoms with Gasteiger partial charge in [-0.1, -0.05) is 58.9 Å². The Morgan fingerprint density at radius 2 is 1.45 bits per heavy atom. The van der Waals surface area contributed by atoms with E-state index in [0.29, 0.717) is 5.82 Å². The number of anilines is 1. The first kappa shape index (κ1) is 14.6. The minimum absolute atomic E-state index is 0.101. The molecule has 0 saturated carbocycles. The van der Waals surface area contributed by atoms with E-state index in [1.165, 1.54) is 5.56 Å². The van der Waals surface area contributed by atoms with E-state index >= 15 is 0 Å². The number of benzene rings is 1. The van der Waals surface area contributed by atoms with Crippen molar-refractivity contribution in [1.29, 1.82) is 0 Å². The van der Waals surface area contributed by atoms with E-state index in [0.717, 1.165) is 11.4 Å². The van der Waals surface area contributed by atoms with Crippen LogP contribution in [-0.2, 0) is 10.8 Å². The van der Waals surface area contributed by atoms with E-state index in [2.05, 4.69) is 76.1 Å². The maximum absolute atomic E-state index is 5.97. The van der Waals surface area contributed by atoms with Crippen molar-refractivity contribution in [2.45, 2.75) is 52.4 Å². The minimum Gasteiger partial charge on any atom is -0.381 e. The van der Waals surface area contributed by atoms with E-state index in [4.69, 9.17) is 5.73 Å². The van der Waals surface area contributed by atoms with E-state index in [9.17, 15) is 0 Å². The van der Waals surface area contributed by atoms with Gasteiger partial charge in [0, 0.05) is 5.41 Å². The third-order valence-electron chi connectivity index (χ3n) is 3.38. The summed E-state index contributed by atoms with van der Waals surface area (Å²) < 4.78 is 1.84. The fraction of sp³-hybridized carbons (Fsp3) is 0.500. The molecule has 108 valence electrons. The van der Waals surface area contributed by atoms with Crippen LogP contribution in [-0.4, -0.2) is 15.0 Å². The normalized spacial score (nSPS) is 12.7. The number of nitrogen functional groups attached to an aromatic ring is 1. The lowest BCUT2D eigenvalue weighted by Crippen LogP contribution is -2.19. The molecular weight excluding hydrogens is 248 g/mol. The van der Waals surface area contributed by atoms with Gasteiger partial charge in [-0.05, 0) is 23.1 Å². The van der Waals surface area contributed by atoms with Gasteiger partial charge >= 0.3 is 0 Å². The quantitative estimate of drug-likeness (QED) is 0.865. The largest absolute Gasteiger partial charge is 0.381 e. The van der Waals surface area contributed by atoms with Crippen LogP contribution >= 0.6 is 0 Å². The Kier molecular flexibility index (Phi) is 3.36. The molecule has 0 aliphatic rings.